The molecule has 5 nitrogen and oxygen atoms in total. The Labute approximate surface area is 131 Å². The summed E-state index contributed by atoms with van der Waals surface area (Å²) >= 11 is 0. The number of benzene rings is 1. The van der Waals surface area contributed by atoms with Gasteiger partial charge in [0.15, 0.2) is 0 Å². The van der Waals surface area contributed by atoms with Crippen LogP contribution in [0.4, 0.5) is 0 Å². The Morgan fingerprint density at radius 2 is 2.14 bits per heavy atom. The number of hydrogen-bond acceptors (Lipinski definition) is 5. The highest BCUT2D eigenvalue weighted by Crippen LogP contribution is 2.31. The highest BCUT2D eigenvalue weighted by atomic mass is 16.5. The van der Waals surface area contributed by atoms with Crippen LogP contribution in [0.2, 0.25) is 0 Å². The van der Waals surface area contributed by atoms with Gasteiger partial charge < -0.3 is 9.63 Å². The van der Waals surface area contributed by atoms with E-state index in [1.165, 1.54) is 0 Å². The molecule has 1 aliphatic rings. The summed E-state index contributed by atoms with van der Waals surface area (Å²) in [7, 11) is 0. The molecule has 2 aromatic rings. The maximum absolute atomic E-state index is 9.95. The van der Waals surface area contributed by atoms with Crippen molar-refractivity contribution in [1.29, 1.82) is 0 Å². The van der Waals surface area contributed by atoms with Crippen LogP contribution in [0.15, 0.2) is 34.9 Å². The SMILES string of the molecule is CCC(O)CN1CCCCC1c1nc(-c2ccccc2)no1. The van der Waals surface area contributed by atoms with Gasteiger partial charge in [-0.2, -0.15) is 4.98 Å². The molecule has 0 bridgehead atoms. The third kappa shape index (κ3) is 3.36. The molecule has 2 atom stereocenters. The van der Waals surface area contributed by atoms with Crippen LogP contribution in [-0.2, 0) is 0 Å². The van der Waals surface area contributed by atoms with Crippen LogP contribution in [0, 0.1) is 0 Å². The summed E-state index contributed by atoms with van der Waals surface area (Å²) in [5.41, 5.74) is 0.966. The first-order valence-electron chi connectivity index (χ1n) is 8.09. The quantitative estimate of drug-likeness (QED) is 0.919. The number of aliphatic hydroxyl groups is 1. The number of rotatable bonds is 5. The second-order valence-electron chi connectivity index (χ2n) is 5.89. The van der Waals surface area contributed by atoms with Crippen molar-refractivity contribution in [3.05, 3.63) is 36.2 Å². The molecule has 1 saturated heterocycles. The van der Waals surface area contributed by atoms with Crippen molar-refractivity contribution in [1.82, 2.24) is 15.0 Å². The number of hydrogen-bond donors (Lipinski definition) is 1. The van der Waals surface area contributed by atoms with Gasteiger partial charge in [0.25, 0.3) is 0 Å². The van der Waals surface area contributed by atoms with E-state index in [0.29, 0.717) is 18.3 Å². The fourth-order valence-electron chi connectivity index (χ4n) is 2.96. The van der Waals surface area contributed by atoms with Crippen LogP contribution in [0.1, 0.15) is 44.5 Å². The molecule has 0 spiro atoms. The molecule has 0 aliphatic carbocycles. The van der Waals surface area contributed by atoms with Gasteiger partial charge in [0.05, 0.1) is 12.1 Å². The number of piperidine rings is 1. The molecule has 5 heteroatoms. The fraction of sp³-hybridized carbons (Fsp3) is 0.529. The number of aromatic nitrogens is 2. The molecule has 0 amide bonds. The van der Waals surface area contributed by atoms with Crippen molar-refractivity contribution < 1.29 is 9.63 Å². The fourth-order valence-corrected chi connectivity index (χ4v) is 2.96. The van der Waals surface area contributed by atoms with E-state index in [1.54, 1.807) is 0 Å². The van der Waals surface area contributed by atoms with Crippen LogP contribution in [0.3, 0.4) is 0 Å². The van der Waals surface area contributed by atoms with E-state index in [-0.39, 0.29) is 12.1 Å². The molecule has 2 heterocycles. The average Bonchev–Trinajstić information content (AvgIpc) is 3.06. The van der Waals surface area contributed by atoms with Crippen molar-refractivity contribution in [3.63, 3.8) is 0 Å². The monoisotopic (exact) mass is 301 g/mol. The van der Waals surface area contributed by atoms with Crippen LogP contribution in [0.5, 0.6) is 0 Å². The smallest absolute Gasteiger partial charge is 0.244 e. The first-order chi connectivity index (χ1) is 10.8. The second-order valence-corrected chi connectivity index (χ2v) is 5.89. The molecule has 1 aromatic heterocycles. The third-order valence-electron chi connectivity index (χ3n) is 4.29. The summed E-state index contributed by atoms with van der Waals surface area (Å²) in [6.07, 6.45) is 3.80. The van der Waals surface area contributed by atoms with Crippen LogP contribution in [-0.4, -0.2) is 39.3 Å². The zero-order chi connectivity index (χ0) is 15.4. The predicted molar refractivity (Wildman–Crippen MR) is 84.2 cm³/mol. The number of aliphatic hydroxyl groups excluding tert-OH is 1. The summed E-state index contributed by atoms with van der Waals surface area (Å²) < 4.78 is 5.52. The van der Waals surface area contributed by atoms with Gasteiger partial charge in [0, 0.05) is 12.1 Å². The summed E-state index contributed by atoms with van der Waals surface area (Å²) in [5.74, 6) is 1.30. The normalized spacial score (nSPS) is 20.9. The molecule has 3 rings (SSSR count). The Balaban J connectivity index is 1.78. The predicted octanol–water partition coefficient (Wildman–Crippen LogP) is 3.03. The number of nitrogens with zero attached hydrogens (tertiary/aromatic N) is 3. The maximum atomic E-state index is 9.95. The van der Waals surface area contributed by atoms with Gasteiger partial charge in [-0.1, -0.05) is 48.8 Å². The van der Waals surface area contributed by atoms with E-state index in [9.17, 15) is 5.11 Å². The van der Waals surface area contributed by atoms with Gasteiger partial charge in [-0.25, -0.2) is 0 Å². The molecular formula is C17H23N3O2. The van der Waals surface area contributed by atoms with Crippen LogP contribution < -0.4 is 0 Å². The van der Waals surface area contributed by atoms with Crippen LogP contribution >= 0.6 is 0 Å². The van der Waals surface area contributed by atoms with Gasteiger partial charge in [-0.05, 0) is 25.8 Å². The number of β-amino-alcohol motifs (C(OH)–C–C–N with tert-alkyl or cyclic N) is 1. The Kier molecular flexibility index (Phi) is 4.85. The molecule has 2 unspecified atom stereocenters. The molecule has 22 heavy (non-hydrogen) atoms. The average molecular weight is 301 g/mol. The Morgan fingerprint density at radius 1 is 1.32 bits per heavy atom. The van der Waals surface area contributed by atoms with Crippen molar-refractivity contribution in [2.45, 2.75) is 44.8 Å². The summed E-state index contributed by atoms with van der Waals surface area (Å²) in [4.78, 5) is 6.86. The lowest BCUT2D eigenvalue weighted by atomic mass is 10.0. The first kappa shape index (κ1) is 15.2. The van der Waals surface area contributed by atoms with Crippen LogP contribution in [0.25, 0.3) is 11.4 Å². The van der Waals surface area contributed by atoms with Crippen molar-refractivity contribution >= 4 is 0 Å². The van der Waals surface area contributed by atoms with E-state index >= 15 is 0 Å². The maximum Gasteiger partial charge on any atom is 0.244 e. The lowest BCUT2D eigenvalue weighted by Gasteiger charge is -2.34. The lowest BCUT2D eigenvalue weighted by Crippen LogP contribution is -2.38. The van der Waals surface area contributed by atoms with E-state index in [1.807, 2.05) is 37.3 Å². The van der Waals surface area contributed by atoms with Gasteiger partial charge in [-0.3, -0.25) is 4.90 Å². The molecule has 1 N–H and O–H groups in total. The first-order valence-corrected chi connectivity index (χ1v) is 8.09. The standard InChI is InChI=1S/C17H23N3O2/c1-2-14(21)12-20-11-7-6-10-15(20)17-18-16(19-22-17)13-8-4-3-5-9-13/h3-5,8-9,14-15,21H,2,6-7,10-12H2,1H3. The Hall–Kier alpha value is -1.72. The minimum Gasteiger partial charge on any atom is -0.392 e. The minimum atomic E-state index is -0.294. The second kappa shape index (κ2) is 7.03. The molecule has 0 radical (unpaired) electrons. The lowest BCUT2D eigenvalue weighted by molar-refractivity contribution is 0.0529. The Morgan fingerprint density at radius 3 is 2.91 bits per heavy atom. The third-order valence-corrected chi connectivity index (χ3v) is 4.29. The van der Waals surface area contributed by atoms with Gasteiger partial charge in [-0.15, -0.1) is 0 Å². The molecule has 1 aliphatic heterocycles. The molecule has 118 valence electrons. The van der Waals surface area contributed by atoms with Crippen molar-refractivity contribution in [2.24, 2.45) is 0 Å². The Bertz CT molecular complexity index is 585. The zero-order valence-electron chi connectivity index (χ0n) is 13.0. The summed E-state index contributed by atoms with van der Waals surface area (Å²) in [6, 6.07) is 9.99. The van der Waals surface area contributed by atoms with E-state index < -0.39 is 0 Å². The van der Waals surface area contributed by atoms with Crippen molar-refractivity contribution in [2.75, 3.05) is 13.1 Å². The summed E-state index contributed by atoms with van der Waals surface area (Å²) in [6.45, 7) is 3.65. The van der Waals surface area contributed by atoms with Gasteiger partial charge in [0.1, 0.15) is 0 Å². The zero-order valence-corrected chi connectivity index (χ0v) is 13.0. The van der Waals surface area contributed by atoms with E-state index in [2.05, 4.69) is 15.0 Å². The van der Waals surface area contributed by atoms with E-state index in [4.69, 9.17) is 4.52 Å². The largest absolute Gasteiger partial charge is 0.392 e. The molecule has 0 saturated carbocycles. The molecule has 1 aromatic carbocycles. The molecular weight excluding hydrogens is 278 g/mol. The summed E-state index contributed by atoms with van der Waals surface area (Å²) in [5, 5.41) is 14.1. The van der Waals surface area contributed by atoms with E-state index in [0.717, 1.165) is 37.8 Å². The van der Waals surface area contributed by atoms with Gasteiger partial charge in [0.2, 0.25) is 11.7 Å². The molecule has 1 fully saturated rings. The minimum absolute atomic E-state index is 0.125. The number of likely N-dealkylation sites (tertiary alicyclic amines) is 1. The highest BCUT2D eigenvalue weighted by Gasteiger charge is 2.29. The van der Waals surface area contributed by atoms with Gasteiger partial charge >= 0.3 is 0 Å². The highest BCUT2D eigenvalue weighted by molar-refractivity contribution is 5.53. The topological polar surface area (TPSA) is 62.4 Å². The van der Waals surface area contributed by atoms with Crippen molar-refractivity contribution in [3.8, 4) is 11.4 Å².